The van der Waals surface area contributed by atoms with Crippen LogP contribution < -0.4 is 15.8 Å². The van der Waals surface area contributed by atoms with Crippen molar-refractivity contribution in [2.75, 3.05) is 17.7 Å². The third-order valence-electron chi connectivity index (χ3n) is 3.82. The number of halogens is 1. The molecule has 7 nitrogen and oxygen atoms in total. The Kier molecular flexibility index (Phi) is 4.60. The Morgan fingerprint density at radius 2 is 2.20 bits per heavy atom. The van der Waals surface area contributed by atoms with E-state index in [2.05, 4.69) is 15.3 Å². The van der Waals surface area contributed by atoms with Gasteiger partial charge in [0, 0.05) is 11.8 Å². The molecule has 2 unspecified atom stereocenters. The molecule has 2 aromatic rings. The molecular weight excluding hydrogens is 325 g/mol. The largest absolute Gasteiger partial charge is 0.477 e. The summed E-state index contributed by atoms with van der Waals surface area (Å²) in [5, 5.41) is 10.9. The first-order valence-electron chi connectivity index (χ1n) is 7.89. The van der Waals surface area contributed by atoms with Gasteiger partial charge in [-0.3, -0.25) is 10.2 Å². The third-order valence-corrected chi connectivity index (χ3v) is 3.82. The number of rotatable bonds is 6. The Hall–Kier alpha value is -3.03. The number of nitrogen functional groups attached to an aromatic ring is 1. The van der Waals surface area contributed by atoms with E-state index in [1.807, 2.05) is 6.92 Å². The molecule has 0 bridgehead atoms. The van der Waals surface area contributed by atoms with Gasteiger partial charge >= 0.3 is 0 Å². The average molecular weight is 343 g/mol. The van der Waals surface area contributed by atoms with E-state index in [0.717, 1.165) is 0 Å². The number of alkyl halides is 1. The molecule has 0 aromatic carbocycles. The lowest BCUT2D eigenvalue weighted by Crippen LogP contribution is -2.17. The summed E-state index contributed by atoms with van der Waals surface area (Å²) in [7, 11) is 0. The Morgan fingerprint density at radius 3 is 2.84 bits per heavy atom. The maximum atomic E-state index is 12.9. The van der Waals surface area contributed by atoms with Gasteiger partial charge in [-0.1, -0.05) is 0 Å². The van der Waals surface area contributed by atoms with Crippen molar-refractivity contribution in [1.82, 2.24) is 9.97 Å². The van der Waals surface area contributed by atoms with E-state index in [1.165, 1.54) is 6.07 Å². The summed E-state index contributed by atoms with van der Waals surface area (Å²) in [6.07, 6.45) is 0.746. The van der Waals surface area contributed by atoms with Gasteiger partial charge in [0.05, 0.1) is 23.8 Å². The number of nitrogens with two attached hydrogens (primary N) is 1. The molecule has 1 fully saturated rings. The maximum absolute atomic E-state index is 12.9. The van der Waals surface area contributed by atoms with Gasteiger partial charge in [0.1, 0.15) is 17.8 Å². The highest BCUT2D eigenvalue weighted by Crippen LogP contribution is 2.34. The van der Waals surface area contributed by atoms with E-state index in [9.17, 15) is 9.18 Å². The minimum Gasteiger partial charge on any atom is -0.477 e. The highest BCUT2D eigenvalue weighted by molar-refractivity contribution is 6.14. The second kappa shape index (κ2) is 6.84. The van der Waals surface area contributed by atoms with Crippen LogP contribution >= 0.6 is 0 Å². The van der Waals surface area contributed by atoms with Crippen molar-refractivity contribution in [1.29, 1.82) is 5.41 Å². The fourth-order valence-corrected chi connectivity index (χ4v) is 2.39. The molecule has 3 rings (SSSR count). The Morgan fingerprint density at radius 1 is 1.44 bits per heavy atom. The first kappa shape index (κ1) is 16.8. The van der Waals surface area contributed by atoms with Gasteiger partial charge in [-0.15, -0.1) is 0 Å². The molecular formula is C17H18FN5O2. The molecule has 1 amide bonds. The molecule has 2 heterocycles. The number of hydrogen-bond donors (Lipinski definition) is 3. The maximum Gasteiger partial charge on any atom is 0.231 e. The van der Waals surface area contributed by atoms with Crippen molar-refractivity contribution in [2.45, 2.75) is 19.5 Å². The van der Waals surface area contributed by atoms with Gasteiger partial charge in [0.25, 0.3) is 0 Å². The molecule has 0 spiro atoms. The number of carbonyl (C=O) groups excluding carboxylic acids is 1. The van der Waals surface area contributed by atoms with Crippen LogP contribution in [0.3, 0.4) is 0 Å². The van der Waals surface area contributed by atoms with Crippen LogP contribution in [0.15, 0.2) is 30.5 Å². The first-order chi connectivity index (χ1) is 12.0. The molecule has 4 N–H and O–H groups in total. The van der Waals surface area contributed by atoms with Crippen molar-refractivity contribution in [3.8, 4) is 5.88 Å². The summed E-state index contributed by atoms with van der Waals surface area (Å²) < 4.78 is 18.3. The molecule has 0 saturated heterocycles. The average Bonchev–Trinajstić information content (AvgIpc) is 3.32. The fraction of sp³-hybridized carbons (Fsp3) is 0.294. The van der Waals surface area contributed by atoms with Gasteiger partial charge in [0.15, 0.2) is 0 Å². The normalized spacial score (nSPS) is 18.5. The van der Waals surface area contributed by atoms with Gasteiger partial charge in [-0.2, -0.15) is 0 Å². The lowest BCUT2D eigenvalue weighted by Gasteiger charge is -2.12. The molecule has 0 radical (unpaired) electrons. The number of pyridine rings is 2. The van der Waals surface area contributed by atoms with Gasteiger partial charge < -0.3 is 15.8 Å². The number of nitrogens with one attached hydrogen (secondary N) is 2. The minimum absolute atomic E-state index is 0.0849. The van der Waals surface area contributed by atoms with Crippen LogP contribution in [0, 0.1) is 11.3 Å². The number of nitrogens with zero attached hydrogens (tertiary/aromatic N) is 2. The summed E-state index contributed by atoms with van der Waals surface area (Å²) in [5.74, 6) is -0.358. The smallest absolute Gasteiger partial charge is 0.231 e. The molecule has 1 aliphatic rings. The molecule has 1 saturated carbocycles. The number of hydrogen-bond acceptors (Lipinski definition) is 6. The van der Waals surface area contributed by atoms with E-state index in [0.29, 0.717) is 23.6 Å². The third kappa shape index (κ3) is 3.57. The second-order valence-electron chi connectivity index (χ2n) is 5.64. The first-order valence-corrected chi connectivity index (χ1v) is 7.89. The van der Waals surface area contributed by atoms with Crippen LogP contribution in [0.4, 0.5) is 16.0 Å². The summed E-state index contributed by atoms with van der Waals surface area (Å²) in [6, 6.07) is 6.53. The monoisotopic (exact) mass is 343 g/mol. The quantitative estimate of drug-likeness (QED) is 0.696. The Balaban J connectivity index is 1.81. The second-order valence-corrected chi connectivity index (χ2v) is 5.64. The molecule has 0 aliphatic heterocycles. The Labute approximate surface area is 143 Å². The van der Waals surface area contributed by atoms with Crippen molar-refractivity contribution in [3.05, 3.63) is 41.6 Å². The number of aromatic nitrogens is 2. The predicted octanol–water partition coefficient (Wildman–Crippen LogP) is 2.17. The minimum atomic E-state index is -1.08. The number of carbonyl (C=O) groups is 1. The van der Waals surface area contributed by atoms with Crippen LogP contribution in [0.2, 0.25) is 0 Å². The molecule has 130 valence electrons. The molecule has 8 heteroatoms. The van der Waals surface area contributed by atoms with Crippen molar-refractivity contribution in [2.24, 2.45) is 5.92 Å². The van der Waals surface area contributed by atoms with Crippen molar-refractivity contribution >= 4 is 23.3 Å². The number of anilines is 2. The molecule has 2 atom stereocenters. The van der Waals surface area contributed by atoms with E-state index >= 15 is 0 Å². The summed E-state index contributed by atoms with van der Waals surface area (Å²) in [5.41, 5.74) is 6.94. The zero-order chi connectivity index (χ0) is 18.0. The van der Waals surface area contributed by atoms with Gasteiger partial charge in [0.2, 0.25) is 11.8 Å². The number of ether oxygens (including phenoxy) is 1. The summed E-state index contributed by atoms with van der Waals surface area (Å²) >= 11 is 0. The predicted molar refractivity (Wildman–Crippen MR) is 91.6 cm³/mol. The standard InChI is InChI=1S/C17H18FN5O2/c1-2-25-17-10(4-3-7-21-17)14(19)9-5-6-13(22-15(9)20)23-16(24)11-8-12(11)18/h3-7,11-12,19H,2,8H2,1H3,(H3,20,22,23,24). The van der Waals surface area contributed by atoms with E-state index in [4.69, 9.17) is 15.9 Å². The molecule has 2 aromatic heterocycles. The topological polar surface area (TPSA) is 114 Å². The van der Waals surface area contributed by atoms with Crippen molar-refractivity contribution < 1.29 is 13.9 Å². The van der Waals surface area contributed by atoms with E-state index in [-0.39, 0.29) is 23.8 Å². The van der Waals surface area contributed by atoms with E-state index < -0.39 is 18.0 Å². The van der Waals surface area contributed by atoms with Crippen LogP contribution in [0.25, 0.3) is 0 Å². The van der Waals surface area contributed by atoms with Crippen molar-refractivity contribution in [3.63, 3.8) is 0 Å². The lowest BCUT2D eigenvalue weighted by molar-refractivity contribution is -0.117. The van der Waals surface area contributed by atoms with Gasteiger partial charge in [-0.25, -0.2) is 14.4 Å². The summed E-state index contributed by atoms with van der Waals surface area (Å²) in [4.78, 5) is 20.0. The lowest BCUT2D eigenvalue weighted by atomic mass is 10.0. The SMILES string of the molecule is CCOc1ncccc1C(=N)c1ccc(NC(=O)C2CC2F)nc1N. The summed E-state index contributed by atoms with van der Waals surface area (Å²) in [6.45, 7) is 2.25. The highest BCUT2D eigenvalue weighted by atomic mass is 19.1. The van der Waals surface area contributed by atoms with Crippen LogP contribution in [0.5, 0.6) is 5.88 Å². The van der Waals surface area contributed by atoms with E-state index in [1.54, 1.807) is 24.4 Å². The molecule has 1 aliphatic carbocycles. The Bertz CT molecular complexity index is 826. The van der Waals surface area contributed by atoms with Crippen LogP contribution in [0.1, 0.15) is 24.5 Å². The van der Waals surface area contributed by atoms with Gasteiger partial charge in [-0.05, 0) is 37.6 Å². The van der Waals surface area contributed by atoms with Crippen LogP contribution in [-0.4, -0.2) is 34.4 Å². The molecule has 25 heavy (non-hydrogen) atoms. The zero-order valence-corrected chi connectivity index (χ0v) is 13.6. The van der Waals surface area contributed by atoms with Crippen LogP contribution in [-0.2, 0) is 4.79 Å². The number of amides is 1. The highest BCUT2D eigenvalue weighted by Gasteiger charge is 2.43. The fourth-order valence-electron chi connectivity index (χ4n) is 2.39. The zero-order valence-electron chi connectivity index (χ0n) is 13.6.